The topological polar surface area (TPSA) is 62.7 Å². The minimum atomic E-state index is -0.0997. The largest absolute Gasteiger partial charge is 0.343 e. The molecule has 1 aromatic rings. The van der Waals surface area contributed by atoms with Gasteiger partial charge in [-0.2, -0.15) is 0 Å². The average molecular weight is 272 g/mol. The molecule has 6 heteroatoms. The van der Waals surface area contributed by atoms with Crippen molar-refractivity contribution in [2.24, 2.45) is 5.92 Å². The first-order valence-electron chi connectivity index (χ1n) is 6.63. The monoisotopic (exact) mass is 272 g/mol. The van der Waals surface area contributed by atoms with E-state index < -0.39 is 0 Å². The van der Waals surface area contributed by atoms with Crippen molar-refractivity contribution < 1.29 is 0 Å². The molecule has 0 aliphatic carbocycles. The van der Waals surface area contributed by atoms with Gasteiger partial charge < -0.3 is 5.32 Å². The molecule has 5 nitrogen and oxygen atoms in total. The smallest absolute Gasteiger partial charge is 0.316 e. The molecule has 2 N–H and O–H groups in total. The van der Waals surface area contributed by atoms with E-state index >= 15 is 0 Å². The van der Waals surface area contributed by atoms with Crippen LogP contribution in [0.15, 0.2) is 9.95 Å². The summed E-state index contributed by atoms with van der Waals surface area (Å²) in [4.78, 5) is 11.5. The molecule has 0 unspecified atom stereocenters. The fourth-order valence-corrected chi connectivity index (χ4v) is 2.50. The zero-order valence-corrected chi connectivity index (χ0v) is 12.3. The number of nitrogens with one attached hydrogen (secondary N) is 2. The van der Waals surface area contributed by atoms with Gasteiger partial charge in [0.05, 0.1) is 0 Å². The molecule has 0 aliphatic heterocycles. The molecule has 0 atom stereocenters. The SMILES string of the molecule is CCCn1c(SCCCNCC(C)C)n[nH]c1=O. The lowest BCUT2D eigenvalue weighted by molar-refractivity contribution is 0.551. The number of hydrogen-bond acceptors (Lipinski definition) is 4. The second-order valence-corrected chi connectivity index (χ2v) is 5.83. The van der Waals surface area contributed by atoms with E-state index in [9.17, 15) is 4.79 Å². The molecule has 1 heterocycles. The van der Waals surface area contributed by atoms with Gasteiger partial charge in [0, 0.05) is 12.3 Å². The number of aromatic amines is 1. The third-order valence-electron chi connectivity index (χ3n) is 2.45. The quantitative estimate of drug-likeness (QED) is 0.530. The van der Waals surface area contributed by atoms with Crippen molar-refractivity contribution in [3.05, 3.63) is 10.5 Å². The third-order valence-corrected chi connectivity index (χ3v) is 3.51. The summed E-state index contributed by atoms with van der Waals surface area (Å²) in [5.41, 5.74) is -0.0997. The molecule has 0 aromatic carbocycles. The van der Waals surface area contributed by atoms with Crippen molar-refractivity contribution in [3.63, 3.8) is 0 Å². The summed E-state index contributed by atoms with van der Waals surface area (Å²) >= 11 is 1.65. The first kappa shape index (κ1) is 15.3. The van der Waals surface area contributed by atoms with Crippen LogP contribution in [0.4, 0.5) is 0 Å². The van der Waals surface area contributed by atoms with E-state index in [1.165, 1.54) is 0 Å². The highest BCUT2D eigenvalue weighted by molar-refractivity contribution is 7.99. The summed E-state index contributed by atoms with van der Waals surface area (Å²) < 4.78 is 1.71. The minimum absolute atomic E-state index is 0.0997. The van der Waals surface area contributed by atoms with Gasteiger partial charge in [0.2, 0.25) is 0 Å². The Bertz CT molecular complexity index is 386. The Morgan fingerprint density at radius 3 is 2.94 bits per heavy atom. The van der Waals surface area contributed by atoms with Crippen LogP contribution in [-0.4, -0.2) is 33.6 Å². The number of aromatic nitrogens is 3. The lowest BCUT2D eigenvalue weighted by Crippen LogP contribution is -2.21. The Hall–Kier alpha value is -0.750. The van der Waals surface area contributed by atoms with Crippen LogP contribution >= 0.6 is 11.8 Å². The highest BCUT2D eigenvalue weighted by Gasteiger charge is 2.07. The molecule has 0 radical (unpaired) electrons. The zero-order chi connectivity index (χ0) is 13.4. The van der Waals surface area contributed by atoms with Crippen molar-refractivity contribution in [1.82, 2.24) is 20.1 Å². The van der Waals surface area contributed by atoms with Crippen molar-refractivity contribution in [2.75, 3.05) is 18.8 Å². The Kier molecular flexibility index (Phi) is 7.12. The van der Waals surface area contributed by atoms with Crippen LogP contribution in [-0.2, 0) is 6.54 Å². The second-order valence-electron chi connectivity index (χ2n) is 4.76. The molecule has 0 aliphatic rings. The highest BCUT2D eigenvalue weighted by Crippen LogP contribution is 2.14. The average Bonchev–Trinajstić information content (AvgIpc) is 2.66. The van der Waals surface area contributed by atoms with Gasteiger partial charge in [-0.25, -0.2) is 9.89 Å². The van der Waals surface area contributed by atoms with Gasteiger partial charge in [0.15, 0.2) is 5.16 Å². The van der Waals surface area contributed by atoms with E-state index in [2.05, 4.69) is 36.3 Å². The summed E-state index contributed by atoms with van der Waals surface area (Å²) in [5.74, 6) is 1.68. The van der Waals surface area contributed by atoms with E-state index in [0.29, 0.717) is 5.92 Å². The standard InChI is InChI=1S/C12H24N4OS/c1-4-7-16-11(17)14-15-12(16)18-8-5-6-13-9-10(2)3/h10,13H,4-9H2,1-3H3,(H,14,17). The van der Waals surface area contributed by atoms with E-state index in [1.54, 1.807) is 16.3 Å². The number of rotatable bonds is 9. The molecule has 0 spiro atoms. The van der Waals surface area contributed by atoms with Crippen LogP contribution in [0.25, 0.3) is 0 Å². The lowest BCUT2D eigenvalue weighted by atomic mass is 10.2. The summed E-state index contributed by atoms with van der Waals surface area (Å²) in [5, 5.41) is 10.8. The van der Waals surface area contributed by atoms with Crippen LogP contribution in [0, 0.1) is 5.92 Å². The highest BCUT2D eigenvalue weighted by atomic mass is 32.2. The van der Waals surface area contributed by atoms with Crippen LogP contribution < -0.4 is 11.0 Å². The van der Waals surface area contributed by atoms with Gasteiger partial charge in [0.1, 0.15) is 0 Å². The maximum atomic E-state index is 11.5. The number of nitrogens with zero attached hydrogens (tertiary/aromatic N) is 2. The molecule has 18 heavy (non-hydrogen) atoms. The zero-order valence-electron chi connectivity index (χ0n) is 11.5. The van der Waals surface area contributed by atoms with Gasteiger partial charge in [-0.15, -0.1) is 5.10 Å². The van der Waals surface area contributed by atoms with E-state index in [1.807, 2.05) is 0 Å². The summed E-state index contributed by atoms with van der Waals surface area (Å²) in [6.45, 7) is 9.29. The Morgan fingerprint density at radius 2 is 2.28 bits per heavy atom. The normalized spacial score (nSPS) is 11.3. The van der Waals surface area contributed by atoms with Crippen molar-refractivity contribution in [3.8, 4) is 0 Å². The van der Waals surface area contributed by atoms with Gasteiger partial charge in [-0.3, -0.25) is 4.57 Å². The van der Waals surface area contributed by atoms with Crippen LogP contribution in [0.5, 0.6) is 0 Å². The Morgan fingerprint density at radius 1 is 1.50 bits per heavy atom. The molecule has 1 aromatic heterocycles. The third kappa shape index (κ3) is 5.27. The lowest BCUT2D eigenvalue weighted by Gasteiger charge is -2.07. The fraction of sp³-hybridized carbons (Fsp3) is 0.833. The molecular weight excluding hydrogens is 248 g/mol. The fourth-order valence-electron chi connectivity index (χ4n) is 1.59. The molecule has 0 amide bonds. The van der Waals surface area contributed by atoms with Gasteiger partial charge in [0.25, 0.3) is 0 Å². The molecule has 0 saturated heterocycles. The van der Waals surface area contributed by atoms with E-state index in [4.69, 9.17) is 0 Å². The van der Waals surface area contributed by atoms with Crippen molar-refractivity contribution >= 4 is 11.8 Å². The Balaban J connectivity index is 2.25. The van der Waals surface area contributed by atoms with Gasteiger partial charge >= 0.3 is 5.69 Å². The van der Waals surface area contributed by atoms with Crippen LogP contribution in [0.1, 0.15) is 33.6 Å². The maximum absolute atomic E-state index is 11.5. The maximum Gasteiger partial charge on any atom is 0.343 e. The van der Waals surface area contributed by atoms with Gasteiger partial charge in [-0.05, 0) is 31.8 Å². The number of H-pyrrole nitrogens is 1. The summed E-state index contributed by atoms with van der Waals surface area (Å²) in [6.07, 6.45) is 2.04. The predicted octanol–water partition coefficient (Wildman–Crippen LogP) is 1.71. The first-order chi connectivity index (χ1) is 8.65. The van der Waals surface area contributed by atoms with E-state index in [0.717, 1.165) is 43.4 Å². The number of hydrogen-bond donors (Lipinski definition) is 2. The van der Waals surface area contributed by atoms with Crippen LogP contribution in [0.2, 0.25) is 0 Å². The molecule has 104 valence electrons. The first-order valence-corrected chi connectivity index (χ1v) is 7.62. The van der Waals surface area contributed by atoms with E-state index in [-0.39, 0.29) is 5.69 Å². The molecule has 0 bridgehead atoms. The van der Waals surface area contributed by atoms with Crippen molar-refractivity contribution in [1.29, 1.82) is 0 Å². The minimum Gasteiger partial charge on any atom is -0.316 e. The van der Waals surface area contributed by atoms with Crippen molar-refractivity contribution in [2.45, 2.75) is 45.3 Å². The molecular formula is C12H24N4OS. The van der Waals surface area contributed by atoms with Gasteiger partial charge in [-0.1, -0.05) is 32.5 Å². The molecule has 0 fully saturated rings. The Labute approximate surface area is 113 Å². The predicted molar refractivity (Wildman–Crippen MR) is 76.2 cm³/mol. The number of thioether (sulfide) groups is 1. The summed E-state index contributed by atoms with van der Waals surface area (Å²) in [7, 11) is 0. The second kappa shape index (κ2) is 8.37. The molecule has 0 saturated carbocycles. The summed E-state index contributed by atoms with van der Waals surface area (Å²) in [6, 6.07) is 0. The molecule has 1 rings (SSSR count). The van der Waals surface area contributed by atoms with Crippen LogP contribution in [0.3, 0.4) is 0 Å².